The summed E-state index contributed by atoms with van der Waals surface area (Å²) in [4.78, 5) is 42.1. The minimum Gasteiger partial charge on any atom is -0.465 e. The van der Waals surface area contributed by atoms with Crippen molar-refractivity contribution < 1.29 is 14.4 Å². The normalized spacial score (nSPS) is 19.6. The largest absolute Gasteiger partial charge is 0.465 e. The molecule has 1 aliphatic heterocycles. The van der Waals surface area contributed by atoms with Gasteiger partial charge >= 0.3 is 11.7 Å². The van der Waals surface area contributed by atoms with E-state index in [0.29, 0.717) is 17.8 Å². The fourth-order valence-electron chi connectivity index (χ4n) is 4.68. The molecule has 1 aliphatic carbocycles. The van der Waals surface area contributed by atoms with E-state index in [2.05, 4.69) is 6.92 Å². The average Bonchev–Trinajstić information content (AvgIpc) is 3.33. The van der Waals surface area contributed by atoms with Gasteiger partial charge in [0.2, 0.25) is 0 Å². The van der Waals surface area contributed by atoms with Gasteiger partial charge in [0.05, 0.1) is 38.2 Å². The van der Waals surface area contributed by atoms with Crippen molar-refractivity contribution in [3.63, 3.8) is 0 Å². The van der Waals surface area contributed by atoms with Gasteiger partial charge in [-0.15, -0.1) is 11.3 Å². The third kappa shape index (κ3) is 3.92. The SMILES string of the molecule is CCOC(=O)Cn1c(=O)c2c3c(sc2n(CC[NH+]2CCCC2)c1=O)CC[C@H](C)C3. The summed E-state index contributed by atoms with van der Waals surface area (Å²) in [6.07, 6.45) is 5.39. The Morgan fingerprint density at radius 2 is 2.00 bits per heavy atom. The van der Waals surface area contributed by atoms with E-state index in [-0.39, 0.29) is 24.4 Å². The molecule has 1 atom stereocenters. The van der Waals surface area contributed by atoms with Crippen LogP contribution in [-0.4, -0.2) is 41.3 Å². The van der Waals surface area contributed by atoms with Crippen molar-refractivity contribution in [2.45, 2.75) is 59.0 Å². The van der Waals surface area contributed by atoms with Crippen LogP contribution in [0.1, 0.15) is 43.6 Å². The Labute approximate surface area is 173 Å². The molecule has 7 nitrogen and oxygen atoms in total. The summed E-state index contributed by atoms with van der Waals surface area (Å²) < 4.78 is 7.85. The number of carbonyl (C=O) groups is 1. The third-order valence-corrected chi connectivity index (χ3v) is 7.56. The summed E-state index contributed by atoms with van der Waals surface area (Å²) in [5, 5.41) is 0.650. The van der Waals surface area contributed by atoms with Crippen molar-refractivity contribution in [2.75, 3.05) is 26.2 Å². The Hall–Kier alpha value is -1.93. The molecule has 158 valence electrons. The lowest BCUT2D eigenvalue weighted by Crippen LogP contribution is -3.10. The third-order valence-electron chi connectivity index (χ3n) is 6.25. The predicted molar refractivity (Wildman–Crippen MR) is 113 cm³/mol. The van der Waals surface area contributed by atoms with E-state index in [9.17, 15) is 14.4 Å². The smallest absolute Gasteiger partial charge is 0.332 e. The number of esters is 1. The zero-order valence-corrected chi connectivity index (χ0v) is 18.1. The van der Waals surface area contributed by atoms with Gasteiger partial charge in [0.1, 0.15) is 11.4 Å². The second-order valence-corrected chi connectivity index (χ2v) is 9.45. The zero-order chi connectivity index (χ0) is 20.5. The second kappa shape index (κ2) is 8.44. The van der Waals surface area contributed by atoms with E-state index in [0.717, 1.165) is 53.9 Å². The molecule has 1 N–H and O–H groups in total. The first kappa shape index (κ1) is 20.3. The molecule has 2 aromatic heterocycles. The van der Waals surface area contributed by atoms with Crippen LogP contribution in [0.25, 0.3) is 10.2 Å². The van der Waals surface area contributed by atoms with Crippen LogP contribution in [0.3, 0.4) is 0 Å². The molecule has 29 heavy (non-hydrogen) atoms. The fourth-order valence-corrected chi connectivity index (χ4v) is 6.03. The van der Waals surface area contributed by atoms with Gasteiger partial charge in [-0.1, -0.05) is 6.92 Å². The Kier molecular flexibility index (Phi) is 5.92. The minimum absolute atomic E-state index is 0.230. The number of quaternary nitrogens is 1. The average molecular weight is 421 g/mol. The van der Waals surface area contributed by atoms with Crippen LogP contribution in [-0.2, 0) is 35.5 Å². The number of fused-ring (bicyclic) bond motifs is 3. The molecule has 8 heteroatoms. The highest BCUT2D eigenvalue weighted by Gasteiger charge is 2.27. The Morgan fingerprint density at radius 1 is 1.24 bits per heavy atom. The Balaban J connectivity index is 1.83. The molecular weight excluding hydrogens is 390 g/mol. The van der Waals surface area contributed by atoms with Gasteiger partial charge in [-0.2, -0.15) is 0 Å². The van der Waals surface area contributed by atoms with Crippen LogP contribution in [0, 0.1) is 5.92 Å². The molecule has 4 rings (SSSR count). The standard InChI is InChI=1S/C21H29N3O4S/c1-3-28-17(25)13-24-19(26)18-15-12-14(2)6-7-16(15)29-20(18)23(21(24)27)11-10-22-8-4-5-9-22/h14H,3-13H2,1-2H3/p+1/t14-/m0/s1. The molecule has 1 fully saturated rings. The van der Waals surface area contributed by atoms with Crippen molar-refractivity contribution in [3.8, 4) is 0 Å². The quantitative estimate of drug-likeness (QED) is 0.695. The highest BCUT2D eigenvalue weighted by molar-refractivity contribution is 7.18. The van der Waals surface area contributed by atoms with E-state index in [1.54, 1.807) is 22.8 Å². The number of carbonyl (C=O) groups excluding carboxylic acids is 1. The monoisotopic (exact) mass is 420 g/mol. The van der Waals surface area contributed by atoms with E-state index < -0.39 is 5.97 Å². The van der Waals surface area contributed by atoms with Gasteiger partial charge in [-0.05, 0) is 37.7 Å². The number of rotatable bonds is 6. The zero-order valence-electron chi connectivity index (χ0n) is 17.3. The summed E-state index contributed by atoms with van der Waals surface area (Å²) in [6, 6.07) is 0. The predicted octanol–water partition coefficient (Wildman–Crippen LogP) is 0.591. The number of hydrogen-bond donors (Lipinski definition) is 1. The van der Waals surface area contributed by atoms with Crippen molar-refractivity contribution >= 4 is 27.5 Å². The van der Waals surface area contributed by atoms with Crippen LogP contribution in [0.5, 0.6) is 0 Å². The van der Waals surface area contributed by atoms with Gasteiger partial charge in [0.25, 0.3) is 5.56 Å². The number of hydrogen-bond acceptors (Lipinski definition) is 5. The minimum atomic E-state index is -0.541. The van der Waals surface area contributed by atoms with Gasteiger partial charge in [0, 0.05) is 17.7 Å². The molecule has 0 bridgehead atoms. The summed E-state index contributed by atoms with van der Waals surface area (Å²) in [5.74, 6) is -0.0205. The lowest BCUT2D eigenvalue weighted by molar-refractivity contribution is -0.888. The van der Waals surface area contributed by atoms with E-state index in [4.69, 9.17) is 4.74 Å². The van der Waals surface area contributed by atoms with Gasteiger partial charge in [-0.3, -0.25) is 14.2 Å². The molecule has 2 aliphatic rings. The molecule has 0 unspecified atom stereocenters. The van der Waals surface area contributed by atoms with E-state index in [1.165, 1.54) is 22.6 Å². The Morgan fingerprint density at radius 3 is 2.72 bits per heavy atom. The lowest BCUT2D eigenvalue weighted by Gasteiger charge is -2.18. The molecule has 0 radical (unpaired) electrons. The lowest BCUT2D eigenvalue weighted by atomic mass is 9.89. The molecule has 0 amide bonds. The summed E-state index contributed by atoms with van der Waals surface area (Å²) in [5.41, 5.74) is 0.365. The Bertz CT molecular complexity index is 1030. The number of thiophene rings is 1. The van der Waals surface area contributed by atoms with E-state index in [1.807, 2.05) is 0 Å². The number of ether oxygens (including phenoxy) is 1. The van der Waals surface area contributed by atoms with Crippen molar-refractivity contribution in [1.29, 1.82) is 0 Å². The molecule has 0 spiro atoms. The van der Waals surface area contributed by atoms with Crippen LogP contribution >= 0.6 is 11.3 Å². The number of nitrogens with zero attached hydrogens (tertiary/aromatic N) is 2. The van der Waals surface area contributed by atoms with Crippen LogP contribution < -0.4 is 16.1 Å². The molecule has 1 saturated heterocycles. The van der Waals surface area contributed by atoms with Gasteiger partial charge < -0.3 is 9.64 Å². The maximum absolute atomic E-state index is 13.3. The maximum Gasteiger partial charge on any atom is 0.332 e. The maximum atomic E-state index is 13.3. The summed E-state index contributed by atoms with van der Waals surface area (Å²) in [6.45, 7) is 7.55. The van der Waals surface area contributed by atoms with Crippen molar-refractivity contribution in [3.05, 3.63) is 31.3 Å². The molecule has 0 aromatic carbocycles. The van der Waals surface area contributed by atoms with E-state index >= 15 is 0 Å². The fraction of sp³-hybridized carbons (Fsp3) is 0.667. The first-order valence-corrected chi connectivity index (χ1v) is 11.6. The first-order chi connectivity index (χ1) is 14.0. The molecule has 3 heterocycles. The summed E-state index contributed by atoms with van der Waals surface area (Å²) >= 11 is 1.60. The molecule has 2 aromatic rings. The van der Waals surface area contributed by atoms with Gasteiger partial charge in [-0.25, -0.2) is 9.36 Å². The first-order valence-electron chi connectivity index (χ1n) is 10.8. The molecular formula is C21H30N3O4S+. The number of aryl methyl sites for hydroxylation is 1. The topological polar surface area (TPSA) is 74.7 Å². The van der Waals surface area contributed by atoms with Crippen LogP contribution in [0.4, 0.5) is 0 Å². The second-order valence-electron chi connectivity index (χ2n) is 8.37. The van der Waals surface area contributed by atoms with Crippen molar-refractivity contribution in [2.24, 2.45) is 5.92 Å². The number of aromatic nitrogens is 2. The van der Waals surface area contributed by atoms with Crippen LogP contribution in [0.15, 0.2) is 9.59 Å². The number of nitrogens with one attached hydrogen (secondary N) is 1. The number of likely N-dealkylation sites (tertiary alicyclic amines) is 1. The highest BCUT2D eigenvalue weighted by Crippen LogP contribution is 2.36. The van der Waals surface area contributed by atoms with Crippen molar-refractivity contribution in [1.82, 2.24) is 9.13 Å². The van der Waals surface area contributed by atoms with Gasteiger partial charge in [0.15, 0.2) is 0 Å². The van der Waals surface area contributed by atoms with Crippen LogP contribution in [0.2, 0.25) is 0 Å². The molecule has 0 saturated carbocycles. The highest BCUT2D eigenvalue weighted by atomic mass is 32.1. The summed E-state index contributed by atoms with van der Waals surface area (Å²) in [7, 11) is 0.